The van der Waals surface area contributed by atoms with Crippen LogP contribution in [-0.2, 0) is 16.1 Å². The average molecular weight is 340 g/mol. The molecule has 0 aliphatic carbocycles. The molecule has 0 radical (unpaired) electrons. The zero-order valence-electron chi connectivity index (χ0n) is 14.1. The standard InChI is InChI=1S/C18H20N4O3/c1-14-2-4-15(5-3-14)16-6-7-17(24)22(19-16)12-18(25)21-10-8-20(13-23)9-11-21/h2-7,13H,8-12H2,1H3. The Labute approximate surface area is 145 Å². The Kier molecular flexibility index (Phi) is 4.92. The highest BCUT2D eigenvalue weighted by Gasteiger charge is 2.21. The van der Waals surface area contributed by atoms with Crippen molar-refractivity contribution in [2.45, 2.75) is 13.5 Å². The SMILES string of the molecule is Cc1ccc(-c2ccc(=O)n(CC(=O)N3CCN(C=O)CC3)n2)cc1. The van der Waals surface area contributed by atoms with Crippen LogP contribution in [-0.4, -0.2) is 58.1 Å². The second-order valence-corrected chi connectivity index (χ2v) is 6.10. The van der Waals surface area contributed by atoms with E-state index >= 15 is 0 Å². The van der Waals surface area contributed by atoms with Crippen molar-refractivity contribution in [1.29, 1.82) is 0 Å². The summed E-state index contributed by atoms with van der Waals surface area (Å²) in [6, 6.07) is 10.9. The molecular weight excluding hydrogens is 320 g/mol. The Morgan fingerprint density at radius 3 is 2.40 bits per heavy atom. The van der Waals surface area contributed by atoms with Crippen LogP contribution in [0.3, 0.4) is 0 Å². The molecule has 1 aliphatic rings. The predicted octanol–water partition coefficient (Wildman–Crippen LogP) is 0.519. The van der Waals surface area contributed by atoms with Crippen LogP contribution < -0.4 is 5.56 Å². The van der Waals surface area contributed by atoms with Crippen LogP contribution in [0.25, 0.3) is 11.3 Å². The minimum absolute atomic E-state index is 0.0976. The summed E-state index contributed by atoms with van der Waals surface area (Å²) in [6.07, 6.45) is 0.791. The van der Waals surface area contributed by atoms with Crippen molar-refractivity contribution in [3.05, 3.63) is 52.3 Å². The van der Waals surface area contributed by atoms with E-state index in [1.54, 1.807) is 15.9 Å². The van der Waals surface area contributed by atoms with Gasteiger partial charge in [-0.3, -0.25) is 14.4 Å². The summed E-state index contributed by atoms with van der Waals surface area (Å²) in [5, 5.41) is 4.33. The molecule has 130 valence electrons. The van der Waals surface area contributed by atoms with Crippen LogP contribution in [0.4, 0.5) is 0 Å². The van der Waals surface area contributed by atoms with Gasteiger partial charge in [0.2, 0.25) is 12.3 Å². The van der Waals surface area contributed by atoms with E-state index < -0.39 is 0 Å². The van der Waals surface area contributed by atoms with Crippen LogP contribution in [0.2, 0.25) is 0 Å². The third kappa shape index (κ3) is 3.93. The Morgan fingerprint density at radius 2 is 1.76 bits per heavy atom. The molecule has 1 aromatic carbocycles. The van der Waals surface area contributed by atoms with E-state index in [0.29, 0.717) is 31.9 Å². The van der Waals surface area contributed by atoms with Gasteiger partial charge >= 0.3 is 0 Å². The maximum absolute atomic E-state index is 12.4. The summed E-state index contributed by atoms with van der Waals surface area (Å²) in [7, 11) is 0. The van der Waals surface area contributed by atoms with Crippen LogP contribution >= 0.6 is 0 Å². The molecule has 2 heterocycles. The van der Waals surface area contributed by atoms with E-state index in [0.717, 1.165) is 17.5 Å². The molecule has 3 rings (SSSR count). The topological polar surface area (TPSA) is 75.5 Å². The first-order chi connectivity index (χ1) is 12.1. The quantitative estimate of drug-likeness (QED) is 0.761. The van der Waals surface area contributed by atoms with E-state index in [2.05, 4.69) is 5.10 Å². The zero-order chi connectivity index (χ0) is 17.8. The number of nitrogens with zero attached hydrogens (tertiary/aromatic N) is 4. The van der Waals surface area contributed by atoms with E-state index in [9.17, 15) is 14.4 Å². The fraction of sp³-hybridized carbons (Fsp3) is 0.333. The van der Waals surface area contributed by atoms with Crippen molar-refractivity contribution in [2.75, 3.05) is 26.2 Å². The Morgan fingerprint density at radius 1 is 1.08 bits per heavy atom. The molecule has 1 aromatic heterocycles. The lowest BCUT2D eigenvalue weighted by Gasteiger charge is -2.32. The summed E-state index contributed by atoms with van der Waals surface area (Å²) in [5.41, 5.74) is 2.38. The summed E-state index contributed by atoms with van der Waals surface area (Å²) in [5.74, 6) is -0.166. The van der Waals surface area contributed by atoms with Crippen molar-refractivity contribution in [3.63, 3.8) is 0 Å². The van der Waals surface area contributed by atoms with Crippen molar-refractivity contribution in [1.82, 2.24) is 19.6 Å². The van der Waals surface area contributed by atoms with E-state index in [1.807, 2.05) is 31.2 Å². The fourth-order valence-electron chi connectivity index (χ4n) is 2.75. The second kappa shape index (κ2) is 7.29. The molecule has 0 saturated carbocycles. The van der Waals surface area contributed by atoms with Gasteiger partial charge in [0, 0.05) is 37.8 Å². The maximum Gasteiger partial charge on any atom is 0.267 e. The monoisotopic (exact) mass is 340 g/mol. The highest BCUT2D eigenvalue weighted by Crippen LogP contribution is 2.15. The van der Waals surface area contributed by atoms with Crippen molar-refractivity contribution >= 4 is 12.3 Å². The maximum atomic E-state index is 12.4. The highest BCUT2D eigenvalue weighted by molar-refractivity contribution is 5.76. The first kappa shape index (κ1) is 16.9. The third-order valence-electron chi connectivity index (χ3n) is 4.32. The average Bonchev–Trinajstić information content (AvgIpc) is 2.64. The molecule has 1 fully saturated rings. The van der Waals surface area contributed by atoms with Crippen molar-refractivity contribution in [2.24, 2.45) is 0 Å². The summed E-state index contributed by atoms with van der Waals surface area (Å²) >= 11 is 0. The molecule has 0 bridgehead atoms. The third-order valence-corrected chi connectivity index (χ3v) is 4.32. The molecule has 7 heteroatoms. The fourth-order valence-corrected chi connectivity index (χ4v) is 2.75. The molecule has 7 nitrogen and oxygen atoms in total. The predicted molar refractivity (Wildman–Crippen MR) is 92.9 cm³/mol. The second-order valence-electron chi connectivity index (χ2n) is 6.10. The highest BCUT2D eigenvalue weighted by atomic mass is 16.2. The lowest BCUT2D eigenvalue weighted by molar-refractivity contribution is -0.135. The molecule has 0 atom stereocenters. The number of piperazine rings is 1. The van der Waals surface area contributed by atoms with Gasteiger partial charge in [-0.15, -0.1) is 0 Å². The lowest BCUT2D eigenvalue weighted by Crippen LogP contribution is -2.49. The van der Waals surface area contributed by atoms with Crippen LogP contribution in [0.5, 0.6) is 0 Å². The van der Waals surface area contributed by atoms with Crippen LogP contribution in [0, 0.1) is 6.92 Å². The number of benzene rings is 1. The summed E-state index contributed by atoms with van der Waals surface area (Å²) < 4.78 is 1.20. The number of rotatable bonds is 4. The van der Waals surface area contributed by atoms with Gasteiger partial charge in [0.25, 0.3) is 5.56 Å². The van der Waals surface area contributed by atoms with Gasteiger partial charge in [0.15, 0.2) is 0 Å². The lowest BCUT2D eigenvalue weighted by atomic mass is 10.1. The first-order valence-electron chi connectivity index (χ1n) is 8.19. The smallest absolute Gasteiger partial charge is 0.267 e. The van der Waals surface area contributed by atoms with Crippen LogP contribution in [0.1, 0.15) is 5.56 Å². The largest absolute Gasteiger partial charge is 0.342 e. The summed E-state index contributed by atoms with van der Waals surface area (Å²) in [6.45, 7) is 3.89. The van der Waals surface area contributed by atoms with E-state index in [4.69, 9.17) is 0 Å². The number of aromatic nitrogens is 2. The molecule has 2 aromatic rings. The number of amides is 2. The van der Waals surface area contributed by atoms with E-state index in [1.165, 1.54) is 10.7 Å². The Bertz CT molecular complexity index is 821. The molecule has 0 N–H and O–H groups in total. The molecule has 2 amide bonds. The Balaban J connectivity index is 1.75. The van der Waals surface area contributed by atoms with Gasteiger partial charge in [-0.1, -0.05) is 29.8 Å². The number of hydrogen-bond donors (Lipinski definition) is 0. The number of carbonyl (C=O) groups excluding carboxylic acids is 2. The van der Waals surface area contributed by atoms with Crippen molar-refractivity contribution < 1.29 is 9.59 Å². The number of carbonyl (C=O) groups is 2. The van der Waals surface area contributed by atoms with Gasteiger partial charge in [-0.05, 0) is 13.0 Å². The van der Waals surface area contributed by atoms with E-state index in [-0.39, 0.29) is 18.0 Å². The number of hydrogen-bond acceptors (Lipinski definition) is 4. The summed E-state index contributed by atoms with van der Waals surface area (Å²) in [4.78, 5) is 38.5. The van der Waals surface area contributed by atoms with Gasteiger partial charge in [-0.25, -0.2) is 4.68 Å². The molecule has 1 saturated heterocycles. The zero-order valence-corrected chi connectivity index (χ0v) is 14.1. The van der Waals surface area contributed by atoms with Gasteiger partial charge in [-0.2, -0.15) is 5.10 Å². The molecule has 0 unspecified atom stereocenters. The number of aryl methyl sites for hydroxylation is 1. The first-order valence-corrected chi connectivity index (χ1v) is 8.19. The molecule has 25 heavy (non-hydrogen) atoms. The molecule has 1 aliphatic heterocycles. The van der Waals surface area contributed by atoms with Gasteiger partial charge < -0.3 is 9.80 Å². The molecule has 0 spiro atoms. The minimum Gasteiger partial charge on any atom is -0.342 e. The normalized spacial score (nSPS) is 14.4. The van der Waals surface area contributed by atoms with Gasteiger partial charge in [0.05, 0.1) is 5.69 Å². The Hall–Kier alpha value is -2.96. The van der Waals surface area contributed by atoms with Crippen molar-refractivity contribution in [3.8, 4) is 11.3 Å². The molecular formula is C18H20N4O3. The van der Waals surface area contributed by atoms with Gasteiger partial charge in [0.1, 0.15) is 6.54 Å². The minimum atomic E-state index is -0.310. The van der Waals surface area contributed by atoms with Crippen LogP contribution in [0.15, 0.2) is 41.2 Å².